The molecule has 0 aromatic heterocycles. The van der Waals surface area contributed by atoms with Gasteiger partial charge in [0.2, 0.25) is 0 Å². The lowest BCUT2D eigenvalue weighted by Gasteiger charge is -2.32. The molecule has 2 N–H and O–H groups in total. The number of benzene rings is 1. The number of anilines is 1. The van der Waals surface area contributed by atoms with Crippen LogP contribution in [0.15, 0.2) is 24.3 Å². The third-order valence-corrected chi connectivity index (χ3v) is 4.08. The molecule has 0 aliphatic heterocycles. The van der Waals surface area contributed by atoms with Crippen molar-refractivity contribution < 1.29 is 4.74 Å². The number of para-hydroxylation sites is 1. The minimum Gasteiger partial charge on any atom is -0.398 e. The summed E-state index contributed by atoms with van der Waals surface area (Å²) in [5.74, 6) is 1.62. The number of nitrogen functional groups attached to an aromatic ring is 1. The van der Waals surface area contributed by atoms with Gasteiger partial charge >= 0.3 is 0 Å². The summed E-state index contributed by atoms with van der Waals surface area (Å²) in [4.78, 5) is 0. The highest BCUT2D eigenvalue weighted by Crippen LogP contribution is 2.31. The molecule has 1 aromatic rings. The van der Waals surface area contributed by atoms with E-state index in [0.29, 0.717) is 12.7 Å². The maximum atomic E-state index is 5.99. The lowest BCUT2D eigenvalue weighted by atomic mass is 9.80. The second kappa shape index (κ2) is 5.54. The van der Waals surface area contributed by atoms with Gasteiger partial charge in [-0.25, -0.2) is 0 Å². The fraction of sp³-hybridized carbons (Fsp3) is 0.600. The second-order valence-electron chi connectivity index (χ2n) is 5.40. The van der Waals surface area contributed by atoms with Gasteiger partial charge in [0, 0.05) is 11.3 Å². The smallest absolute Gasteiger partial charge is 0.0740 e. The fourth-order valence-corrected chi connectivity index (χ4v) is 2.52. The van der Waals surface area contributed by atoms with E-state index in [0.717, 1.165) is 23.1 Å². The van der Waals surface area contributed by atoms with Gasteiger partial charge in [-0.1, -0.05) is 32.0 Å². The molecule has 3 atom stereocenters. The minimum atomic E-state index is 0.417. The first-order valence-corrected chi connectivity index (χ1v) is 6.61. The molecule has 17 heavy (non-hydrogen) atoms. The molecular weight excluding hydrogens is 210 g/mol. The monoisotopic (exact) mass is 233 g/mol. The van der Waals surface area contributed by atoms with Gasteiger partial charge in [0.25, 0.3) is 0 Å². The molecule has 1 aliphatic rings. The molecule has 1 saturated carbocycles. The molecule has 0 bridgehead atoms. The Morgan fingerprint density at radius 1 is 1.18 bits per heavy atom. The summed E-state index contributed by atoms with van der Waals surface area (Å²) in [6.45, 7) is 5.32. The Labute approximate surface area is 104 Å². The summed E-state index contributed by atoms with van der Waals surface area (Å²) < 4.78 is 5.99. The maximum Gasteiger partial charge on any atom is 0.0740 e. The van der Waals surface area contributed by atoms with Crippen molar-refractivity contribution in [2.75, 3.05) is 5.73 Å². The molecule has 0 saturated heterocycles. The van der Waals surface area contributed by atoms with Gasteiger partial charge in [-0.15, -0.1) is 0 Å². The lowest BCUT2D eigenvalue weighted by molar-refractivity contribution is -0.00722. The zero-order valence-electron chi connectivity index (χ0n) is 10.9. The fourth-order valence-electron chi connectivity index (χ4n) is 2.52. The van der Waals surface area contributed by atoms with Gasteiger partial charge < -0.3 is 10.5 Å². The summed E-state index contributed by atoms with van der Waals surface area (Å²) in [5, 5.41) is 0. The first kappa shape index (κ1) is 12.4. The van der Waals surface area contributed by atoms with E-state index in [2.05, 4.69) is 13.8 Å². The van der Waals surface area contributed by atoms with E-state index in [-0.39, 0.29) is 0 Å². The van der Waals surface area contributed by atoms with Crippen LogP contribution in [0.3, 0.4) is 0 Å². The summed E-state index contributed by atoms with van der Waals surface area (Å²) in [7, 11) is 0. The Hall–Kier alpha value is -1.02. The highest BCUT2D eigenvalue weighted by Gasteiger charge is 2.24. The van der Waals surface area contributed by atoms with E-state index in [9.17, 15) is 0 Å². The SMILES string of the molecule is CC1CCC(OCc2ccccc2N)CC1C. The van der Waals surface area contributed by atoms with Gasteiger partial charge in [0.15, 0.2) is 0 Å². The van der Waals surface area contributed by atoms with Crippen LogP contribution in [0.2, 0.25) is 0 Å². The summed E-state index contributed by atoms with van der Waals surface area (Å²) >= 11 is 0. The van der Waals surface area contributed by atoms with E-state index in [1.807, 2.05) is 24.3 Å². The molecule has 0 amide bonds. The van der Waals surface area contributed by atoms with Crippen LogP contribution < -0.4 is 5.73 Å². The van der Waals surface area contributed by atoms with Crippen molar-refractivity contribution in [3.05, 3.63) is 29.8 Å². The average Bonchev–Trinajstić information content (AvgIpc) is 2.32. The van der Waals surface area contributed by atoms with Crippen molar-refractivity contribution in [3.63, 3.8) is 0 Å². The van der Waals surface area contributed by atoms with Gasteiger partial charge in [-0.2, -0.15) is 0 Å². The first-order valence-electron chi connectivity index (χ1n) is 6.61. The average molecular weight is 233 g/mol. The molecule has 3 unspecified atom stereocenters. The van der Waals surface area contributed by atoms with E-state index < -0.39 is 0 Å². The highest BCUT2D eigenvalue weighted by atomic mass is 16.5. The molecule has 1 fully saturated rings. The van der Waals surface area contributed by atoms with E-state index in [1.165, 1.54) is 19.3 Å². The molecular formula is C15H23NO. The van der Waals surface area contributed by atoms with Crippen LogP contribution in [0.1, 0.15) is 38.7 Å². The van der Waals surface area contributed by atoms with Crippen LogP contribution in [0.4, 0.5) is 5.69 Å². The molecule has 0 heterocycles. The maximum absolute atomic E-state index is 5.99. The molecule has 0 radical (unpaired) electrons. The Morgan fingerprint density at radius 2 is 1.94 bits per heavy atom. The number of nitrogens with two attached hydrogens (primary N) is 1. The molecule has 0 spiro atoms. The van der Waals surface area contributed by atoms with Gasteiger partial charge in [0.1, 0.15) is 0 Å². The standard InChI is InChI=1S/C15H23NO/c1-11-7-8-14(9-12(11)2)17-10-13-5-3-4-6-15(13)16/h3-6,11-12,14H,7-10,16H2,1-2H3. The van der Waals surface area contributed by atoms with Crippen LogP contribution in [-0.2, 0) is 11.3 Å². The predicted octanol–water partition coefficient (Wildman–Crippen LogP) is 3.61. The van der Waals surface area contributed by atoms with Gasteiger partial charge in [-0.05, 0) is 37.2 Å². The third-order valence-electron chi connectivity index (χ3n) is 4.08. The molecule has 2 heteroatoms. The number of ether oxygens (including phenoxy) is 1. The molecule has 2 nitrogen and oxygen atoms in total. The summed E-state index contributed by atoms with van der Waals surface area (Å²) in [5.41, 5.74) is 7.85. The molecule has 1 aliphatic carbocycles. The first-order chi connectivity index (χ1) is 8.16. The van der Waals surface area contributed by atoms with E-state index >= 15 is 0 Å². The second-order valence-corrected chi connectivity index (χ2v) is 5.40. The number of hydrogen-bond acceptors (Lipinski definition) is 2. The predicted molar refractivity (Wildman–Crippen MR) is 71.6 cm³/mol. The van der Waals surface area contributed by atoms with E-state index in [4.69, 9.17) is 10.5 Å². The quantitative estimate of drug-likeness (QED) is 0.809. The van der Waals surface area contributed by atoms with Crippen molar-refractivity contribution in [2.45, 2.75) is 45.8 Å². The Morgan fingerprint density at radius 3 is 2.65 bits per heavy atom. The van der Waals surface area contributed by atoms with E-state index in [1.54, 1.807) is 0 Å². The zero-order valence-corrected chi connectivity index (χ0v) is 10.9. The highest BCUT2D eigenvalue weighted by molar-refractivity contribution is 5.45. The zero-order chi connectivity index (χ0) is 12.3. The Kier molecular flexibility index (Phi) is 4.06. The van der Waals surface area contributed by atoms with Crippen LogP contribution in [-0.4, -0.2) is 6.10 Å². The molecule has 1 aromatic carbocycles. The summed E-state index contributed by atoms with van der Waals surface area (Å²) in [6, 6.07) is 7.96. The number of hydrogen-bond donors (Lipinski definition) is 1. The Balaban J connectivity index is 1.85. The summed E-state index contributed by atoms with van der Waals surface area (Å²) in [6.07, 6.45) is 4.09. The van der Waals surface area contributed by atoms with Crippen molar-refractivity contribution in [2.24, 2.45) is 11.8 Å². The molecule has 2 rings (SSSR count). The minimum absolute atomic E-state index is 0.417. The third kappa shape index (κ3) is 3.22. The topological polar surface area (TPSA) is 35.2 Å². The van der Waals surface area contributed by atoms with Crippen LogP contribution in [0, 0.1) is 11.8 Å². The largest absolute Gasteiger partial charge is 0.398 e. The lowest BCUT2D eigenvalue weighted by Crippen LogP contribution is -2.26. The Bertz CT molecular complexity index is 364. The van der Waals surface area contributed by atoms with Crippen LogP contribution in [0.5, 0.6) is 0 Å². The van der Waals surface area contributed by atoms with Crippen molar-refractivity contribution in [1.29, 1.82) is 0 Å². The van der Waals surface area contributed by atoms with Crippen molar-refractivity contribution >= 4 is 5.69 Å². The number of rotatable bonds is 3. The van der Waals surface area contributed by atoms with Crippen LogP contribution in [0.25, 0.3) is 0 Å². The van der Waals surface area contributed by atoms with Crippen LogP contribution >= 0.6 is 0 Å². The molecule has 94 valence electrons. The van der Waals surface area contributed by atoms with Gasteiger partial charge in [-0.3, -0.25) is 0 Å². The van der Waals surface area contributed by atoms with Crippen molar-refractivity contribution in [1.82, 2.24) is 0 Å². The van der Waals surface area contributed by atoms with Crippen molar-refractivity contribution in [3.8, 4) is 0 Å². The normalized spacial score (nSPS) is 29.2. The van der Waals surface area contributed by atoms with Gasteiger partial charge in [0.05, 0.1) is 12.7 Å².